The number of ether oxygens (including phenoxy) is 1. The molecule has 3 unspecified atom stereocenters. The first-order valence-corrected chi connectivity index (χ1v) is 30.9. The van der Waals surface area contributed by atoms with Gasteiger partial charge in [-0.2, -0.15) is 0 Å². The van der Waals surface area contributed by atoms with E-state index < -0.39 is 18.2 Å². The fraction of sp³-hybridized carbons (Fsp3) is 0.844. The van der Waals surface area contributed by atoms with Crippen molar-refractivity contribution in [2.45, 2.75) is 341 Å². The summed E-state index contributed by atoms with van der Waals surface area (Å²) in [5.41, 5.74) is 0. The molecule has 0 rings (SSSR count). The van der Waals surface area contributed by atoms with Crippen LogP contribution in [0, 0.1) is 0 Å². The topological polar surface area (TPSA) is 95.9 Å². The summed E-state index contributed by atoms with van der Waals surface area (Å²) in [7, 11) is 0. The lowest BCUT2D eigenvalue weighted by Crippen LogP contribution is -2.46. The van der Waals surface area contributed by atoms with E-state index in [9.17, 15) is 19.8 Å². The zero-order chi connectivity index (χ0) is 50.9. The summed E-state index contributed by atoms with van der Waals surface area (Å²) in [5, 5.41) is 23.9. The Labute approximate surface area is 436 Å². The molecule has 3 atom stereocenters. The van der Waals surface area contributed by atoms with Crippen LogP contribution in [0.5, 0.6) is 0 Å². The maximum atomic E-state index is 13.3. The van der Waals surface area contributed by atoms with Crippen molar-refractivity contribution in [3.05, 3.63) is 48.6 Å². The van der Waals surface area contributed by atoms with E-state index in [1.807, 2.05) is 0 Å². The average molecular weight is 983 g/mol. The smallest absolute Gasteiger partial charge is 0.306 e. The van der Waals surface area contributed by atoms with Crippen LogP contribution < -0.4 is 5.32 Å². The van der Waals surface area contributed by atoms with Gasteiger partial charge in [0, 0.05) is 6.42 Å². The Morgan fingerprint density at radius 1 is 0.414 bits per heavy atom. The number of hydrogen-bond donors (Lipinski definition) is 3. The van der Waals surface area contributed by atoms with Gasteiger partial charge in [0.15, 0.2) is 0 Å². The molecule has 0 aromatic carbocycles. The molecule has 70 heavy (non-hydrogen) atoms. The Morgan fingerprint density at radius 2 is 0.729 bits per heavy atom. The Kier molecular flexibility index (Phi) is 55.9. The molecule has 6 heteroatoms. The van der Waals surface area contributed by atoms with Crippen LogP contribution in [-0.4, -0.2) is 46.9 Å². The molecule has 0 aliphatic carbocycles. The number of esters is 1. The van der Waals surface area contributed by atoms with Crippen molar-refractivity contribution in [3.8, 4) is 0 Å². The third kappa shape index (κ3) is 52.2. The summed E-state index contributed by atoms with van der Waals surface area (Å²) in [6.07, 6.45) is 71.8. The van der Waals surface area contributed by atoms with Gasteiger partial charge < -0.3 is 20.3 Å². The van der Waals surface area contributed by atoms with E-state index in [0.717, 1.165) is 83.5 Å². The van der Waals surface area contributed by atoms with Crippen LogP contribution >= 0.6 is 0 Å². The fourth-order valence-electron chi connectivity index (χ4n) is 9.43. The molecule has 3 N–H and O–H groups in total. The molecule has 0 aliphatic rings. The van der Waals surface area contributed by atoms with Crippen molar-refractivity contribution < 1.29 is 24.5 Å². The van der Waals surface area contributed by atoms with E-state index in [1.54, 1.807) is 0 Å². The van der Waals surface area contributed by atoms with Gasteiger partial charge in [-0.1, -0.05) is 268 Å². The first-order valence-electron chi connectivity index (χ1n) is 30.9. The van der Waals surface area contributed by atoms with Crippen molar-refractivity contribution in [2.75, 3.05) is 6.61 Å². The lowest BCUT2D eigenvalue weighted by molar-refractivity contribution is -0.151. The predicted octanol–water partition coefficient (Wildman–Crippen LogP) is 19.4. The van der Waals surface area contributed by atoms with Crippen LogP contribution in [0.15, 0.2) is 48.6 Å². The SMILES string of the molecule is CCCCC/C=C\C/C=C\C/C=C\CCCCCCC(CC(=O)NC(CO)C(O)CCCCCCCCCCCCCCCCC)OC(=O)CCCCCCCCCCC/C=C/CCCCCCCC. The van der Waals surface area contributed by atoms with Crippen molar-refractivity contribution in [2.24, 2.45) is 0 Å². The highest BCUT2D eigenvalue weighted by atomic mass is 16.5. The Bertz CT molecular complexity index is 1190. The van der Waals surface area contributed by atoms with Gasteiger partial charge in [0.25, 0.3) is 0 Å². The zero-order valence-electron chi connectivity index (χ0n) is 46.9. The monoisotopic (exact) mass is 982 g/mol. The molecule has 0 aromatic rings. The summed E-state index contributed by atoms with van der Waals surface area (Å²) in [6, 6.07) is -0.710. The standard InChI is InChI=1S/C64H119NO5/c1-4-7-10-13-16-19-22-25-28-30-31-33-36-39-42-45-48-51-54-57-64(69)70-60(55-52-49-46-43-40-37-35-32-29-26-23-20-17-14-11-8-5-2)58-63(68)65-61(59-66)62(67)56-53-50-47-44-41-38-34-27-24-21-18-15-12-9-6-3/h17,20,25-26,28-29,35,37,60-62,66-67H,4-16,18-19,21-24,27,30-34,36,38-59H2,1-3H3,(H,65,68)/b20-17-,28-25+,29-26-,37-35-. The highest BCUT2D eigenvalue weighted by molar-refractivity contribution is 5.77. The molecule has 0 heterocycles. The number of nitrogens with one attached hydrogen (secondary N) is 1. The molecule has 0 bridgehead atoms. The second-order valence-electron chi connectivity index (χ2n) is 21.1. The summed E-state index contributed by atoms with van der Waals surface area (Å²) in [4.78, 5) is 26.4. The molecule has 1 amide bonds. The average Bonchev–Trinajstić information content (AvgIpc) is 3.35. The normalized spacial score (nSPS) is 13.4. The van der Waals surface area contributed by atoms with E-state index in [0.29, 0.717) is 19.3 Å². The maximum Gasteiger partial charge on any atom is 0.306 e. The highest BCUT2D eigenvalue weighted by Gasteiger charge is 2.24. The lowest BCUT2D eigenvalue weighted by Gasteiger charge is -2.24. The minimum Gasteiger partial charge on any atom is -0.462 e. The van der Waals surface area contributed by atoms with E-state index in [-0.39, 0.29) is 24.9 Å². The molecular weight excluding hydrogens is 863 g/mol. The molecule has 6 nitrogen and oxygen atoms in total. The van der Waals surface area contributed by atoms with Gasteiger partial charge in [-0.15, -0.1) is 0 Å². The van der Waals surface area contributed by atoms with Gasteiger partial charge in [-0.3, -0.25) is 9.59 Å². The molecule has 0 spiro atoms. The first kappa shape index (κ1) is 67.8. The molecule has 0 aliphatic heterocycles. The van der Waals surface area contributed by atoms with E-state index in [4.69, 9.17) is 4.74 Å². The third-order valence-corrected chi connectivity index (χ3v) is 14.1. The summed E-state index contributed by atoms with van der Waals surface area (Å²) in [5.74, 6) is -0.484. The Morgan fingerprint density at radius 3 is 1.14 bits per heavy atom. The molecule has 0 saturated heterocycles. The van der Waals surface area contributed by atoms with Gasteiger partial charge in [0.1, 0.15) is 6.10 Å². The quantitative estimate of drug-likeness (QED) is 0.0321. The lowest BCUT2D eigenvalue weighted by atomic mass is 10.0. The van der Waals surface area contributed by atoms with Crippen LogP contribution in [0.25, 0.3) is 0 Å². The maximum absolute atomic E-state index is 13.3. The summed E-state index contributed by atoms with van der Waals surface area (Å²) in [6.45, 7) is 6.49. The van der Waals surface area contributed by atoms with E-state index in [2.05, 4.69) is 74.7 Å². The van der Waals surface area contributed by atoms with Crippen molar-refractivity contribution in [1.82, 2.24) is 5.32 Å². The van der Waals surface area contributed by atoms with Crippen LogP contribution in [0.1, 0.15) is 323 Å². The number of unbranched alkanes of at least 4 members (excludes halogenated alkanes) is 36. The van der Waals surface area contributed by atoms with Gasteiger partial charge in [-0.05, 0) is 89.9 Å². The largest absolute Gasteiger partial charge is 0.462 e. The Hall–Kier alpha value is -2.18. The molecule has 0 fully saturated rings. The number of carbonyl (C=O) groups excluding carboxylic acids is 2. The zero-order valence-corrected chi connectivity index (χ0v) is 46.9. The number of allylic oxidation sites excluding steroid dienone is 8. The van der Waals surface area contributed by atoms with Crippen LogP contribution in [0.4, 0.5) is 0 Å². The number of hydrogen-bond acceptors (Lipinski definition) is 5. The van der Waals surface area contributed by atoms with Crippen molar-refractivity contribution >= 4 is 11.9 Å². The van der Waals surface area contributed by atoms with Crippen LogP contribution in [0.2, 0.25) is 0 Å². The number of aliphatic hydroxyl groups is 2. The number of rotatable bonds is 56. The minimum absolute atomic E-state index is 0.0638. The first-order chi connectivity index (χ1) is 34.5. The summed E-state index contributed by atoms with van der Waals surface area (Å²) >= 11 is 0. The third-order valence-electron chi connectivity index (χ3n) is 14.1. The number of aliphatic hydroxyl groups excluding tert-OH is 2. The number of carbonyl (C=O) groups is 2. The highest BCUT2D eigenvalue weighted by Crippen LogP contribution is 2.18. The van der Waals surface area contributed by atoms with Gasteiger partial charge in [0.2, 0.25) is 5.91 Å². The van der Waals surface area contributed by atoms with Crippen molar-refractivity contribution in [1.29, 1.82) is 0 Å². The molecule has 0 aromatic heterocycles. The second kappa shape index (κ2) is 57.7. The van der Waals surface area contributed by atoms with Crippen LogP contribution in [-0.2, 0) is 14.3 Å². The number of amides is 1. The predicted molar refractivity (Wildman–Crippen MR) is 305 cm³/mol. The Balaban J connectivity index is 4.57. The van der Waals surface area contributed by atoms with Gasteiger partial charge in [-0.25, -0.2) is 0 Å². The fourth-order valence-corrected chi connectivity index (χ4v) is 9.43. The molecular formula is C64H119NO5. The second-order valence-corrected chi connectivity index (χ2v) is 21.1. The van der Waals surface area contributed by atoms with E-state index >= 15 is 0 Å². The van der Waals surface area contributed by atoms with Gasteiger partial charge >= 0.3 is 5.97 Å². The van der Waals surface area contributed by atoms with Gasteiger partial charge in [0.05, 0.1) is 25.2 Å². The van der Waals surface area contributed by atoms with E-state index in [1.165, 1.54) is 193 Å². The summed E-state index contributed by atoms with van der Waals surface area (Å²) < 4.78 is 5.97. The van der Waals surface area contributed by atoms with Crippen molar-refractivity contribution in [3.63, 3.8) is 0 Å². The molecule has 0 saturated carbocycles. The molecule has 410 valence electrons. The molecule has 0 radical (unpaired) electrons. The van der Waals surface area contributed by atoms with Crippen LogP contribution in [0.3, 0.4) is 0 Å². The minimum atomic E-state index is -0.795.